The second-order valence-corrected chi connectivity index (χ2v) is 8.54. The number of aromatic nitrogens is 2. The molecule has 32 heavy (non-hydrogen) atoms. The van der Waals surface area contributed by atoms with Gasteiger partial charge in [-0.3, -0.25) is 4.79 Å². The molecular formula is C26H23ClFN3O. The second kappa shape index (κ2) is 8.40. The third kappa shape index (κ3) is 3.56. The van der Waals surface area contributed by atoms with Crippen molar-refractivity contribution in [3.8, 4) is 0 Å². The summed E-state index contributed by atoms with van der Waals surface area (Å²) in [6.45, 7) is 2.90. The van der Waals surface area contributed by atoms with Gasteiger partial charge in [-0.1, -0.05) is 54.9 Å². The molecule has 3 aromatic carbocycles. The van der Waals surface area contributed by atoms with Gasteiger partial charge in [0, 0.05) is 35.2 Å². The predicted molar refractivity (Wildman–Crippen MR) is 126 cm³/mol. The smallest absolute Gasteiger partial charge is 0.227 e. The van der Waals surface area contributed by atoms with Crippen LogP contribution in [0.15, 0.2) is 66.7 Å². The van der Waals surface area contributed by atoms with E-state index in [1.54, 1.807) is 12.1 Å². The molecule has 0 N–H and O–H groups in total. The maximum atomic E-state index is 14.6. The number of aryl methyl sites for hydroxylation is 1. The molecule has 1 saturated heterocycles. The van der Waals surface area contributed by atoms with Gasteiger partial charge >= 0.3 is 0 Å². The zero-order chi connectivity index (χ0) is 22.2. The van der Waals surface area contributed by atoms with Crippen LogP contribution in [0.2, 0.25) is 5.02 Å². The van der Waals surface area contributed by atoms with Gasteiger partial charge in [-0.15, -0.1) is 0 Å². The summed E-state index contributed by atoms with van der Waals surface area (Å²) in [6, 6.07) is 20.5. The number of hydrogen-bond acceptors (Lipinski definition) is 2. The molecule has 0 radical (unpaired) electrons. The van der Waals surface area contributed by atoms with Gasteiger partial charge in [0.05, 0.1) is 17.6 Å². The number of carbonyl (C=O) groups is 1. The first-order chi connectivity index (χ1) is 15.6. The van der Waals surface area contributed by atoms with Gasteiger partial charge in [-0.05, 0) is 42.3 Å². The van der Waals surface area contributed by atoms with E-state index in [4.69, 9.17) is 16.6 Å². The molecule has 1 amide bonds. The highest BCUT2D eigenvalue weighted by molar-refractivity contribution is 6.31. The normalized spacial score (nSPS) is 16.3. The average Bonchev–Trinajstić information content (AvgIpc) is 3.36. The van der Waals surface area contributed by atoms with Crippen molar-refractivity contribution in [3.63, 3.8) is 0 Å². The van der Waals surface area contributed by atoms with E-state index in [1.165, 1.54) is 6.07 Å². The highest BCUT2D eigenvalue weighted by Crippen LogP contribution is 2.35. The van der Waals surface area contributed by atoms with Gasteiger partial charge in [-0.2, -0.15) is 0 Å². The van der Waals surface area contributed by atoms with Crippen molar-refractivity contribution in [2.45, 2.75) is 32.2 Å². The number of anilines is 1. The van der Waals surface area contributed by atoms with E-state index in [0.29, 0.717) is 23.6 Å². The van der Waals surface area contributed by atoms with Crippen molar-refractivity contribution < 1.29 is 9.18 Å². The van der Waals surface area contributed by atoms with E-state index < -0.39 is 0 Å². The van der Waals surface area contributed by atoms with E-state index in [-0.39, 0.29) is 24.2 Å². The first kappa shape index (κ1) is 20.7. The molecule has 0 saturated carbocycles. The topological polar surface area (TPSA) is 38.1 Å². The van der Waals surface area contributed by atoms with Crippen molar-refractivity contribution in [2.24, 2.45) is 0 Å². The lowest BCUT2D eigenvalue weighted by Gasteiger charge is -2.20. The Morgan fingerprint density at radius 1 is 1.06 bits per heavy atom. The third-order valence-electron chi connectivity index (χ3n) is 6.22. The van der Waals surface area contributed by atoms with Crippen LogP contribution in [0.3, 0.4) is 0 Å². The molecule has 1 atom stereocenters. The van der Waals surface area contributed by atoms with Gasteiger partial charge in [-0.25, -0.2) is 9.37 Å². The van der Waals surface area contributed by atoms with Crippen LogP contribution in [0, 0.1) is 5.82 Å². The van der Waals surface area contributed by atoms with Gasteiger partial charge < -0.3 is 9.47 Å². The van der Waals surface area contributed by atoms with E-state index in [0.717, 1.165) is 34.5 Å². The summed E-state index contributed by atoms with van der Waals surface area (Å²) in [5.74, 6) is 0.432. The van der Waals surface area contributed by atoms with Gasteiger partial charge in [0.1, 0.15) is 11.6 Å². The van der Waals surface area contributed by atoms with E-state index in [9.17, 15) is 9.18 Å². The molecule has 1 aromatic heterocycles. The van der Waals surface area contributed by atoms with Crippen LogP contribution in [0.25, 0.3) is 11.0 Å². The number of fused-ring (bicyclic) bond motifs is 1. The number of para-hydroxylation sites is 3. The maximum absolute atomic E-state index is 14.6. The summed E-state index contributed by atoms with van der Waals surface area (Å²) in [7, 11) is 0. The van der Waals surface area contributed by atoms with Crippen molar-refractivity contribution in [1.29, 1.82) is 0 Å². The number of benzene rings is 3. The van der Waals surface area contributed by atoms with Crippen LogP contribution in [0.1, 0.15) is 36.2 Å². The predicted octanol–water partition coefficient (Wildman–Crippen LogP) is 5.96. The molecule has 0 bridgehead atoms. The molecule has 1 fully saturated rings. The SMILES string of the molecule is CCc1ccccc1N1C[C@H](c2nc3ccccc3n2Cc2c(F)cccc2Cl)CC1=O. The minimum Gasteiger partial charge on any atom is -0.323 e. The standard InChI is InChI=1S/C26H23ClFN3O/c1-2-17-8-3-5-12-23(17)30-15-18(14-25(30)32)26-29-22-11-4-6-13-24(22)31(26)16-19-20(27)9-7-10-21(19)28/h3-13,18H,2,14-16H2,1H3/t18-/m1/s1. The highest BCUT2D eigenvalue weighted by Gasteiger charge is 2.35. The number of imidazole rings is 1. The zero-order valence-electron chi connectivity index (χ0n) is 17.8. The minimum atomic E-state index is -0.345. The number of nitrogens with zero attached hydrogens (tertiary/aromatic N) is 3. The van der Waals surface area contributed by atoms with Crippen LogP contribution >= 0.6 is 11.6 Å². The third-order valence-corrected chi connectivity index (χ3v) is 6.57. The monoisotopic (exact) mass is 447 g/mol. The number of hydrogen-bond donors (Lipinski definition) is 0. The van der Waals surface area contributed by atoms with Crippen molar-refractivity contribution in [3.05, 3.63) is 94.5 Å². The lowest BCUT2D eigenvalue weighted by Crippen LogP contribution is -2.25. The lowest BCUT2D eigenvalue weighted by atomic mass is 10.1. The first-order valence-electron chi connectivity index (χ1n) is 10.8. The lowest BCUT2D eigenvalue weighted by molar-refractivity contribution is -0.117. The van der Waals surface area contributed by atoms with E-state index >= 15 is 0 Å². The Morgan fingerprint density at radius 3 is 2.66 bits per heavy atom. The molecule has 0 unspecified atom stereocenters. The highest BCUT2D eigenvalue weighted by atomic mass is 35.5. The molecule has 1 aliphatic heterocycles. The molecule has 162 valence electrons. The molecule has 2 heterocycles. The summed E-state index contributed by atoms with van der Waals surface area (Å²) < 4.78 is 16.6. The van der Waals surface area contributed by atoms with Crippen LogP contribution in [-0.4, -0.2) is 22.0 Å². The van der Waals surface area contributed by atoms with Crippen LogP contribution in [-0.2, 0) is 17.8 Å². The Balaban J connectivity index is 1.56. The number of carbonyl (C=O) groups excluding carboxylic acids is 1. The minimum absolute atomic E-state index is 0.0819. The quantitative estimate of drug-likeness (QED) is 0.378. The molecule has 0 spiro atoms. The van der Waals surface area contributed by atoms with Crippen molar-refractivity contribution >= 4 is 34.2 Å². The second-order valence-electron chi connectivity index (χ2n) is 8.13. The largest absolute Gasteiger partial charge is 0.323 e. The summed E-state index contributed by atoms with van der Waals surface area (Å²) in [4.78, 5) is 19.8. The Hall–Kier alpha value is -3.18. The van der Waals surface area contributed by atoms with Crippen LogP contribution in [0.5, 0.6) is 0 Å². The van der Waals surface area contributed by atoms with Gasteiger partial charge in [0.15, 0.2) is 0 Å². The fourth-order valence-corrected chi connectivity index (χ4v) is 4.82. The molecular weight excluding hydrogens is 425 g/mol. The number of rotatable bonds is 5. The fraction of sp³-hybridized carbons (Fsp3) is 0.231. The molecule has 4 nitrogen and oxygen atoms in total. The van der Waals surface area contributed by atoms with Crippen molar-refractivity contribution in [2.75, 3.05) is 11.4 Å². The Morgan fingerprint density at radius 2 is 1.84 bits per heavy atom. The van der Waals surface area contributed by atoms with Crippen LogP contribution < -0.4 is 4.90 Å². The van der Waals surface area contributed by atoms with E-state index in [1.807, 2.05) is 51.9 Å². The Kier molecular flexibility index (Phi) is 5.43. The van der Waals surface area contributed by atoms with E-state index in [2.05, 4.69) is 13.0 Å². The zero-order valence-corrected chi connectivity index (χ0v) is 18.5. The maximum Gasteiger partial charge on any atom is 0.227 e. The van der Waals surface area contributed by atoms with Gasteiger partial charge in [0.2, 0.25) is 5.91 Å². The molecule has 6 heteroatoms. The summed E-state index contributed by atoms with van der Waals surface area (Å²) in [5, 5.41) is 0.384. The summed E-state index contributed by atoms with van der Waals surface area (Å²) in [5.41, 5.74) is 4.27. The Bertz CT molecular complexity index is 1300. The molecule has 5 rings (SSSR count). The summed E-state index contributed by atoms with van der Waals surface area (Å²) >= 11 is 6.33. The summed E-state index contributed by atoms with van der Waals surface area (Å²) in [6.07, 6.45) is 1.22. The molecule has 0 aliphatic carbocycles. The average molecular weight is 448 g/mol. The first-order valence-corrected chi connectivity index (χ1v) is 11.2. The number of amides is 1. The van der Waals surface area contributed by atoms with Crippen LogP contribution in [0.4, 0.5) is 10.1 Å². The molecule has 1 aliphatic rings. The molecule has 4 aromatic rings. The van der Waals surface area contributed by atoms with Crippen molar-refractivity contribution in [1.82, 2.24) is 9.55 Å². The number of halogens is 2. The fourth-order valence-electron chi connectivity index (χ4n) is 4.60. The Labute approximate surface area is 191 Å². The van der Waals surface area contributed by atoms with Gasteiger partial charge in [0.25, 0.3) is 0 Å².